The molecule has 0 unspecified atom stereocenters. The third-order valence-electron chi connectivity index (χ3n) is 6.06. The van der Waals surface area contributed by atoms with Gasteiger partial charge in [-0.05, 0) is 51.0 Å². The molecule has 40 heavy (non-hydrogen) atoms. The summed E-state index contributed by atoms with van der Waals surface area (Å²) in [7, 11) is 3.14. The second-order valence-electron chi connectivity index (χ2n) is 8.72. The molecule has 0 atom stereocenters. The third-order valence-corrected chi connectivity index (χ3v) is 7.89. The first kappa shape index (κ1) is 28.5. The lowest BCUT2D eigenvalue weighted by molar-refractivity contribution is 0.102. The largest absolute Gasteiger partial charge is 0.496 e. The summed E-state index contributed by atoms with van der Waals surface area (Å²) in [5, 5.41) is 11.4. The first-order valence-electron chi connectivity index (χ1n) is 12.0. The molecular weight excluding hydrogens is 552 g/mol. The lowest BCUT2D eigenvalue weighted by Gasteiger charge is -2.14. The molecule has 4 rings (SSSR count). The number of carbonyl (C=O) groups is 3. The Labute approximate surface area is 239 Å². The van der Waals surface area contributed by atoms with E-state index in [0.29, 0.717) is 32.6 Å². The van der Waals surface area contributed by atoms with Gasteiger partial charge in [0.1, 0.15) is 21.3 Å². The molecule has 4 aromatic rings. The Morgan fingerprint density at radius 1 is 0.650 bits per heavy atom. The molecule has 4 amide bonds. The number of thiazole rings is 2. The number of carbonyl (C=O) groups excluding carboxylic acids is 3. The number of aromatic nitrogens is 2. The summed E-state index contributed by atoms with van der Waals surface area (Å²) in [5.74, 6) is 0.611. The number of nitrogens with one attached hydrogen (secondary N) is 4. The summed E-state index contributed by atoms with van der Waals surface area (Å²) in [6.45, 7) is 7.50. The summed E-state index contributed by atoms with van der Waals surface area (Å²) in [6.07, 6.45) is 2.77. The van der Waals surface area contributed by atoms with Crippen molar-refractivity contribution in [3.8, 4) is 11.5 Å². The highest BCUT2D eigenvalue weighted by Gasteiger charge is 2.18. The molecule has 0 bridgehead atoms. The summed E-state index contributed by atoms with van der Waals surface area (Å²) in [4.78, 5) is 47.0. The predicted molar refractivity (Wildman–Crippen MR) is 158 cm³/mol. The fourth-order valence-electron chi connectivity index (χ4n) is 3.93. The molecule has 4 N–H and O–H groups in total. The Bertz CT molecular complexity index is 1480. The Morgan fingerprint density at radius 2 is 1.05 bits per heavy atom. The van der Waals surface area contributed by atoms with Gasteiger partial charge in [-0.2, -0.15) is 0 Å². The number of rotatable bonds is 8. The zero-order valence-electron chi connectivity index (χ0n) is 22.7. The molecule has 2 aromatic carbocycles. The number of hydrogen-bond donors (Lipinski definition) is 4. The molecule has 0 aliphatic heterocycles. The quantitative estimate of drug-likeness (QED) is 0.200. The SMILES string of the molecule is COc1ccc(C)c(NC(=O)c2cnc(NC(=O)Nc3ncc(C(=O)Nc4c(C)ccc(OC)c4C)s3)s2)c1C. The van der Waals surface area contributed by atoms with Gasteiger partial charge in [0.25, 0.3) is 11.8 Å². The van der Waals surface area contributed by atoms with Crippen molar-refractivity contribution in [3.05, 3.63) is 68.7 Å². The highest BCUT2D eigenvalue weighted by atomic mass is 32.1. The van der Waals surface area contributed by atoms with Gasteiger partial charge in [0.2, 0.25) is 0 Å². The minimum atomic E-state index is -0.610. The Kier molecular flexibility index (Phi) is 8.65. The number of benzene rings is 2. The second kappa shape index (κ2) is 12.1. The standard InChI is InChI=1S/C27H28N6O5S2/c1-13-7-9-17(37-5)15(3)21(13)30-23(34)19-11-28-26(39-19)32-25(36)33-27-29-12-20(40-27)24(35)31-22-14(2)8-10-18(38-6)16(22)4/h7-12H,1-6H3,(H,30,34)(H,31,35)(H2,28,29,32,33,36). The maximum atomic E-state index is 12.8. The third kappa shape index (κ3) is 6.21. The number of urea groups is 1. The summed E-state index contributed by atoms with van der Waals surface area (Å²) in [6, 6.07) is 6.80. The topological polar surface area (TPSA) is 144 Å². The van der Waals surface area contributed by atoms with Crippen LogP contribution in [0.2, 0.25) is 0 Å². The van der Waals surface area contributed by atoms with Crippen molar-refractivity contribution in [1.82, 2.24) is 9.97 Å². The Balaban J connectivity index is 1.36. The number of hydrogen-bond acceptors (Lipinski definition) is 9. The van der Waals surface area contributed by atoms with Crippen molar-refractivity contribution in [2.75, 3.05) is 35.5 Å². The number of aryl methyl sites for hydroxylation is 2. The van der Waals surface area contributed by atoms with Crippen LogP contribution in [0.1, 0.15) is 41.6 Å². The average molecular weight is 581 g/mol. The normalized spacial score (nSPS) is 10.6. The Morgan fingerprint density at radius 3 is 1.43 bits per heavy atom. The van der Waals surface area contributed by atoms with E-state index in [1.54, 1.807) is 14.2 Å². The number of anilines is 4. The van der Waals surface area contributed by atoms with Gasteiger partial charge in [-0.25, -0.2) is 14.8 Å². The van der Waals surface area contributed by atoms with Crippen molar-refractivity contribution >= 4 is 62.2 Å². The van der Waals surface area contributed by atoms with Crippen molar-refractivity contribution in [2.24, 2.45) is 0 Å². The van der Waals surface area contributed by atoms with Crippen molar-refractivity contribution in [2.45, 2.75) is 27.7 Å². The number of ether oxygens (including phenoxy) is 2. The van der Waals surface area contributed by atoms with Crippen LogP contribution in [0.25, 0.3) is 0 Å². The molecule has 2 aromatic heterocycles. The monoisotopic (exact) mass is 580 g/mol. The van der Waals surface area contributed by atoms with Crippen LogP contribution in [0, 0.1) is 27.7 Å². The van der Waals surface area contributed by atoms with Crippen LogP contribution in [0.4, 0.5) is 26.4 Å². The maximum Gasteiger partial charge on any atom is 0.327 e. The van der Waals surface area contributed by atoms with E-state index in [4.69, 9.17) is 9.47 Å². The van der Waals surface area contributed by atoms with Gasteiger partial charge >= 0.3 is 6.03 Å². The zero-order valence-corrected chi connectivity index (χ0v) is 24.3. The smallest absolute Gasteiger partial charge is 0.327 e. The van der Waals surface area contributed by atoms with Crippen LogP contribution in [-0.4, -0.2) is 42.0 Å². The maximum absolute atomic E-state index is 12.8. The van der Waals surface area contributed by atoms with Crippen LogP contribution in [0.15, 0.2) is 36.7 Å². The minimum absolute atomic E-state index is 0.222. The van der Waals surface area contributed by atoms with Gasteiger partial charge in [0.15, 0.2) is 10.3 Å². The lowest BCUT2D eigenvalue weighted by atomic mass is 10.1. The van der Waals surface area contributed by atoms with Crippen molar-refractivity contribution in [3.63, 3.8) is 0 Å². The van der Waals surface area contributed by atoms with E-state index < -0.39 is 6.03 Å². The second-order valence-corrected chi connectivity index (χ2v) is 10.8. The molecule has 0 aliphatic rings. The molecule has 0 aliphatic carbocycles. The molecule has 0 saturated carbocycles. The first-order chi connectivity index (χ1) is 19.1. The molecule has 0 saturated heterocycles. The molecule has 2 heterocycles. The van der Waals surface area contributed by atoms with E-state index in [9.17, 15) is 14.4 Å². The molecular formula is C27H28N6O5S2. The highest BCUT2D eigenvalue weighted by Crippen LogP contribution is 2.31. The van der Waals surface area contributed by atoms with E-state index in [0.717, 1.165) is 44.9 Å². The fourth-order valence-corrected chi connectivity index (χ4v) is 5.35. The molecule has 11 nitrogen and oxygen atoms in total. The lowest BCUT2D eigenvalue weighted by Crippen LogP contribution is -2.19. The molecule has 0 radical (unpaired) electrons. The first-order valence-corrected chi connectivity index (χ1v) is 13.6. The number of methoxy groups -OCH3 is 2. The molecule has 0 fully saturated rings. The van der Waals surface area contributed by atoms with E-state index in [2.05, 4.69) is 31.2 Å². The molecule has 208 valence electrons. The van der Waals surface area contributed by atoms with Gasteiger partial charge in [0, 0.05) is 11.1 Å². The van der Waals surface area contributed by atoms with Gasteiger partial charge in [-0.15, -0.1) is 0 Å². The van der Waals surface area contributed by atoms with Crippen molar-refractivity contribution in [1.29, 1.82) is 0 Å². The van der Waals surface area contributed by atoms with Crippen LogP contribution in [-0.2, 0) is 0 Å². The van der Waals surface area contributed by atoms with Gasteiger partial charge in [-0.3, -0.25) is 20.2 Å². The summed E-state index contributed by atoms with van der Waals surface area (Å²) in [5.41, 5.74) is 4.71. The van der Waals surface area contributed by atoms with E-state index in [1.807, 2.05) is 52.0 Å². The molecule has 0 spiro atoms. The molecule has 13 heteroatoms. The Hall–Kier alpha value is -4.49. The number of nitrogens with zero attached hydrogens (tertiary/aromatic N) is 2. The summed E-state index contributed by atoms with van der Waals surface area (Å²) >= 11 is 2.04. The zero-order chi connectivity index (χ0) is 29.0. The predicted octanol–water partition coefficient (Wildman–Crippen LogP) is 6.00. The van der Waals surface area contributed by atoms with E-state index >= 15 is 0 Å². The van der Waals surface area contributed by atoms with Gasteiger partial charge in [-0.1, -0.05) is 34.8 Å². The number of amides is 4. The van der Waals surface area contributed by atoms with Crippen LogP contribution < -0.4 is 30.7 Å². The van der Waals surface area contributed by atoms with Crippen LogP contribution in [0.3, 0.4) is 0 Å². The van der Waals surface area contributed by atoms with Crippen LogP contribution in [0.5, 0.6) is 11.5 Å². The van der Waals surface area contributed by atoms with Crippen molar-refractivity contribution < 1.29 is 23.9 Å². The van der Waals surface area contributed by atoms with E-state index in [-0.39, 0.29) is 22.1 Å². The van der Waals surface area contributed by atoms with Gasteiger partial charge < -0.3 is 20.1 Å². The fraction of sp³-hybridized carbons (Fsp3) is 0.222. The van der Waals surface area contributed by atoms with E-state index in [1.165, 1.54) is 12.4 Å². The van der Waals surface area contributed by atoms with Gasteiger partial charge in [0.05, 0.1) is 38.0 Å². The minimum Gasteiger partial charge on any atom is -0.496 e. The summed E-state index contributed by atoms with van der Waals surface area (Å²) < 4.78 is 10.7. The average Bonchev–Trinajstić information content (AvgIpc) is 3.59. The van der Waals surface area contributed by atoms with Crippen LogP contribution >= 0.6 is 22.7 Å². The highest BCUT2D eigenvalue weighted by molar-refractivity contribution is 7.18.